The van der Waals surface area contributed by atoms with Gasteiger partial charge in [0.2, 0.25) is 0 Å². The van der Waals surface area contributed by atoms with E-state index in [4.69, 9.17) is 5.11 Å². The van der Waals surface area contributed by atoms with Gasteiger partial charge in [0.05, 0.1) is 16.6 Å². The van der Waals surface area contributed by atoms with Gasteiger partial charge in [-0.1, -0.05) is 6.42 Å². The van der Waals surface area contributed by atoms with Gasteiger partial charge in [-0.3, -0.25) is 4.40 Å². The number of hydrogen-bond donors (Lipinski definition) is 1. The quantitative estimate of drug-likeness (QED) is 0.905. The van der Waals surface area contributed by atoms with E-state index in [0.717, 1.165) is 6.42 Å². The molecule has 1 N–H and O–H groups in total. The number of pyridine rings is 1. The van der Waals surface area contributed by atoms with Gasteiger partial charge in [-0.15, -0.1) is 10.2 Å². The number of carboxylic acid groups (broad SMARTS) is 1. The van der Waals surface area contributed by atoms with Crippen LogP contribution in [-0.4, -0.2) is 45.1 Å². The number of carboxylic acids is 1. The molecule has 2 aromatic rings. The van der Waals surface area contributed by atoms with Crippen LogP contribution in [0.2, 0.25) is 0 Å². The summed E-state index contributed by atoms with van der Waals surface area (Å²) in [6.07, 6.45) is 3.93. The highest BCUT2D eigenvalue weighted by atomic mass is 32.2. The number of carbonyl (C=O) groups is 1. The van der Waals surface area contributed by atoms with Crippen molar-refractivity contribution < 1.29 is 18.3 Å². The summed E-state index contributed by atoms with van der Waals surface area (Å²) >= 11 is 0. The third-order valence-corrected chi connectivity index (χ3v) is 6.12. The van der Waals surface area contributed by atoms with Gasteiger partial charge < -0.3 is 5.11 Å². The summed E-state index contributed by atoms with van der Waals surface area (Å²) in [6, 6.07) is 3.02. The summed E-state index contributed by atoms with van der Waals surface area (Å²) in [6.45, 7) is 0. The molecule has 0 aromatic carbocycles. The first kappa shape index (κ1) is 14.0. The van der Waals surface area contributed by atoms with E-state index in [9.17, 15) is 13.2 Å². The van der Waals surface area contributed by atoms with Crippen molar-refractivity contribution in [1.29, 1.82) is 0 Å². The Morgan fingerprint density at radius 3 is 2.86 bits per heavy atom. The van der Waals surface area contributed by atoms with Crippen molar-refractivity contribution in [3.8, 4) is 0 Å². The molecule has 21 heavy (non-hydrogen) atoms. The first-order valence-electron chi connectivity index (χ1n) is 6.76. The van der Waals surface area contributed by atoms with Gasteiger partial charge in [0.15, 0.2) is 15.5 Å². The first-order chi connectivity index (χ1) is 9.97. The Bertz CT molecular complexity index is 797. The molecule has 0 saturated carbocycles. The molecule has 0 amide bonds. The predicted octanol–water partition coefficient (Wildman–Crippen LogP) is 0.937. The highest BCUT2D eigenvalue weighted by Gasteiger charge is 2.30. The van der Waals surface area contributed by atoms with E-state index in [1.54, 1.807) is 10.5 Å². The third-order valence-electron chi connectivity index (χ3n) is 3.84. The molecule has 0 spiro atoms. The summed E-state index contributed by atoms with van der Waals surface area (Å²) in [5.74, 6) is -0.334. The summed E-state index contributed by atoms with van der Waals surface area (Å²) in [5.41, 5.74) is 0.637. The number of aromatic nitrogens is 3. The van der Waals surface area contributed by atoms with Crippen LogP contribution < -0.4 is 0 Å². The summed E-state index contributed by atoms with van der Waals surface area (Å²) in [5, 5.41) is 16.5. The van der Waals surface area contributed by atoms with Crippen LogP contribution in [0.25, 0.3) is 5.65 Å². The summed E-state index contributed by atoms with van der Waals surface area (Å²) < 4.78 is 25.7. The van der Waals surface area contributed by atoms with Crippen molar-refractivity contribution in [1.82, 2.24) is 14.6 Å². The molecule has 7 nitrogen and oxygen atoms in total. The average Bonchev–Trinajstić information content (AvgIpc) is 2.83. The van der Waals surface area contributed by atoms with E-state index in [0.29, 0.717) is 24.3 Å². The Hall–Kier alpha value is -1.96. The number of nitrogens with zero attached hydrogens (tertiary/aromatic N) is 3. The fourth-order valence-corrected chi connectivity index (χ4v) is 4.53. The summed E-state index contributed by atoms with van der Waals surface area (Å²) in [7, 11) is -3.09. The van der Waals surface area contributed by atoms with E-state index >= 15 is 0 Å². The van der Waals surface area contributed by atoms with Crippen LogP contribution >= 0.6 is 0 Å². The number of rotatable bonds is 3. The topological polar surface area (TPSA) is 102 Å². The van der Waals surface area contributed by atoms with E-state index in [-0.39, 0.29) is 17.7 Å². The molecule has 1 fully saturated rings. The lowest BCUT2D eigenvalue weighted by molar-refractivity contribution is 0.0696. The number of sulfone groups is 1. The molecule has 0 radical (unpaired) electrons. The molecule has 1 unspecified atom stereocenters. The monoisotopic (exact) mass is 309 g/mol. The average molecular weight is 309 g/mol. The van der Waals surface area contributed by atoms with Gasteiger partial charge >= 0.3 is 5.97 Å². The maximum atomic E-state index is 12.1. The van der Waals surface area contributed by atoms with Gasteiger partial charge in [0.25, 0.3) is 0 Å². The van der Waals surface area contributed by atoms with E-state index in [2.05, 4.69) is 10.2 Å². The van der Waals surface area contributed by atoms with Gasteiger partial charge in [-0.2, -0.15) is 0 Å². The predicted molar refractivity (Wildman–Crippen MR) is 75.1 cm³/mol. The molecule has 3 heterocycles. The van der Waals surface area contributed by atoms with Crippen molar-refractivity contribution in [3.05, 3.63) is 29.7 Å². The van der Waals surface area contributed by atoms with Crippen LogP contribution in [-0.2, 0) is 16.3 Å². The zero-order valence-electron chi connectivity index (χ0n) is 11.3. The zero-order valence-corrected chi connectivity index (χ0v) is 12.1. The van der Waals surface area contributed by atoms with Crippen LogP contribution in [0.15, 0.2) is 18.3 Å². The Labute approximate surface area is 121 Å². The molecule has 0 aliphatic carbocycles. The maximum absolute atomic E-state index is 12.1. The minimum absolute atomic E-state index is 0.120. The van der Waals surface area contributed by atoms with Crippen LogP contribution in [0.1, 0.15) is 35.4 Å². The third kappa shape index (κ3) is 2.63. The lowest BCUT2D eigenvalue weighted by Gasteiger charge is -2.21. The van der Waals surface area contributed by atoms with Gasteiger partial charge in [0, 0.05) is 12.6 Å². The second-order valence-corrected chi connectivity index (χ2v) is 7.66. The fraction of sp³-hybridized carbons (Fsp3) is 0.462. The SMILES string of the molecule is O=C(O)c1ccc2nnc(CC3CCCCS3(=O)=O)n2c1. The molecular formula is C13H15N3O4S. The highest BCUT2D eigenvalue weighted by Crippen LogP contribution is 2.22. The van der Waals surface area contributed by atoms with Crippen molar-refractivity contribution in [2.24, 2.45) is 0 Å². The molecule has 0 bridgehead atoms. The zero-order chi connectivity index (χ0) is 15.0. The maximum Gasteiger partial charge on any atom is 0.337 e. The molecule has 1 saturated heterocycles. The lowest BCUT2D eigenvalue weighted by atomic mass is 10.1. The smallest absolute Gasteiger partial charge is 0.337 e. The van der Waals surface area contributed by atoms with Crippen LogP contribution in [0.5, 0.6) is 0 Å². The summed E-state index contributed by atoms with van der Waals surface area (Å²) in [4.78, 5) is 11.0. The van der Waals surface area contributed by atoms with Gasteiger partial charge in [-0.25, -0.2) is 13.2 Å². The van der Waals surface area contributed by atoms with Gasteiger partial charge in [0.1, 0.15) is 5.82 Å². The molecule has 3 rings (SSSR count). The highest BCUT2D eigenvalue weighted by molar-refractivity contribution is 7.92. The number of fused-ring (bicyclic) bond motifs is 1. The Morgan fingerprint density at radius 1 is 1.33 bits per heavy atom. The standard InChI is InChI=1S/C13H15N3O4S/c17-13(18)9-4-5-11-14-15-12(16(11)8-9)7-10-3-1-2-6-21(10,19)20/h4-5,8,10H,1-3,6-7H2,(H,17,18). The van der Waals surface area contributed by atoms with Crippen molar-refractivity contribution >= 4 is 21.5 Å². The normalized spacial score (nSPS) is 21.4. The Morgan fingerprint density at radius 2 is 2.14 bits per heavy atom. The fourth-order valence-electron chi connectivity index (χ4n) is 2.66. The molecule has 112 valence electrons. The van der Waals surface area contributed by atoms with Crippen molar-refractivity contribution in [2.45, 2.75) is 30.9 Å². The van der Waals surface area contributed by atoms with E-state index < -0.39 is 21.1 Å². The minimum Gasteiger partial charge on any atom is -0.478 e. The van der Waals surface area contributed by atoms with Crippen LogP contribution in [0.3, 0.4) is 0 Å². The first-order valence-corrected chi connectivity index (χ1v) is 8.47. The molecule has 1 atom stereocenters. The molecule has 2 aromatic heterocycles. The molecule has 1 aliphatic heterocycles. The molecule has 8 heteroatoms. The second kappa shape index (κ2) is 5.10. The van der Waals surface area contributed by atoms with E-state index in [1.807, 2.05) is 0 Å². The molecule has 1 aliphatic rings. The number of hydrogen-bond acceptors (Lipinski definition) is 5. The van der Waals surface area contributed by atoms with E-state index in [1.165, 1.54) is 12.3 Å². The van der Waals surface area contributed by atoms with Crippen LogP contribution in [0.4, 0.5) is 0 Å². The Kier molecular flexibility index (Phi) is 3.40. The minimum atomic E-state index is -3.09. The number of aromatic carboxylic acids is 1. The second-order valence-electron chi connectivity index (χ2n) is 5.26. The van der Waals surface area contributed by atoms with Crippen molar-refractivity contribution in [2.75, 3.05) is 5.75 Å². The largest absolute Gasteiger partial charge is 0.478 e. The van der Waals surface area contributed by atoms with Crippen LogP contribution in [0, 0.1) is 0 Å². The lowest BCUT2D eigenvalue weighted by Crippen LogP contribution is -2.30. The van der Waals surface area contributed by atoms with Gasteiger partial charge in [-0.05, 0) is 25.0 Å². The Balaban J connectivity index is 1.97. The van der Waals surface area contributed by atoms with Crippen molar-refractivity contribution in [3.63, 3.8) is 0 Å². The molecular weight excluding hydrogens is 294 g/mol.